The molecular weight excluding hydrogens is 726 g/mol. The molecular formula is C32H55N5O17. The number of carbonyl (C=O) groups excluding carboxylic acids is 3. The van der Waals surface area contributed by atoms with Crippen molar-refractivity contribution in [1.29, 1.82) is 0 Å². The Morgan fingerprint density at radius 2 is 1.30 bits per heavy atom. The van der Waals surface area contributed by atoms with E-state index in [0.717, 1.165) is 0 Å². The van der Waals surface area contributed by atoms with Crippen molar-refractivity contribution in [3.8, 4) is 0 Å². The first-order chi connectivity index (χ1) is 26.0. The average Bonchev–Trinajstić information content (AvgIpc) is 3.64. The third-order valence-electron chi connectivity index (χ3n) is 8.39. The SMILES string of the molecule is CO[C@@H]1OC(C(=O)NCCOCCOCCOCCn2nncc2C(C)=O)[C@@H](OCCO[C@@H]2OC(C(=O)NCCCCO)[C@@H](OC)[C@H](O)[C@@H]2O)[C@H](O)[C@@H]1O. The van der Waals surface area contributed by atoms with Crippen molar-refractivity contribution in [2.24, 2.45) is 0 Å². The molecule has 0 radical (unpaired) electrons. The van der Waals surface area contributed by atoms with E-state index in [0.29, 0.717) is 44.9 Å². The van der Waals surface area contributed by atoms with Crippen LogP contribution in [0, 0.1) is 0 Å². The minimum atomic E-state index is -1.61. The molecule has 0 saturated carbocycles. The van der Waals surface area contributed by atoms with Gasteiger partial charge in [-0.3, -0.25) is 14.4 Å². The summed E-state index contributed by atoms with van der Waals surface area (Å²) in [6.45, 7) is 3.06. The molecule has 54 heavy (non-hydrogen) atoms. The molecule has 310 valence electrons. The first kappa shape index (κ1) is 45.6. The van der Waals surface area contributed by atoms with Crippen molar-refractivity contribution in [1.82, 2.24) is 25.6 Å². The molecule has 2 unspecified atom stereocenters. The van der Waals surface area contributed by atoms with Crippen LogP contribution in [0.5, 0.6) is 0 Å². The highest BCUT2D eigenvalue weighted by Crippen LogP contribution is 2.26. The van der Waals surface area contributed by atoms with Gasteiger partial charge in [0.25, 0.3) is 11.8 Å². The quantitative estimate of drug-likeness (QED) is 0.0344. The largest absolute Gasteiger partial charge is 0.396 e. The third-order valence-corrected chi connectivity index (χ3v) is 8.39. The van der Waals surface area contributed by atoms with E-state index in [2.05, 4.69) is 20.9 Å². The van der Waals surface area contributed by atoms with Gasteiger partial charge in [-0.2, -0.15) is 0 Å². The highest BCUT2D eigenvalue weighted by atomic mass is 16.7. The van der Waals surface area contributed by atoms with Crippen molar-refractivity contribution in [2.45, 2.75) is 87.7 Å². The Bertz CT molecular complexity index is 1250. The number of ether oxygens (including phenoxy) is 9. The number of aliphatic hydroxyl groups excluding tert-OH is 5. The number of aliphatic hydroxyl groups is 5. The Morgan fingerprint density at radius 1 is 0.722 bits per heavy atom. The summed E-state index contributed by atoms with van der Waals surface area (Å²) in [5.74, 6) is -1.43. The van der Waals surface area contributed by atoms with Gasteiger partial charge in [0.1, 0.15) is 42.3 Å². The number of hydrogen-bond donors (Lipinski definition) is 7. The zero-order chi connectivity index (χ0) is 39.5. The molecule has 0 aliphatic carbocycles. The second-order valence-corrected chi connectivity index (χ2v) is 12.2. The van der Waals surface area contributed by atoms with Crippen LogP contribution >= 0.6 is 0 Å². The standard InChI is InChI=1S/C32H55N5O17/c1-19(39)20-18-35-36-37(20)8-11-49-13-15-50-14-12-48-10-7-34-30(45)28-26(22(41)23(42)31(47-3)53-28)51-16-17-52-32-24(43)21(40)25(46-2)27(54-32)29(44)33-6-4-5-9-38/h18,21-28,31-32,38,40-43H,4-17H2,1-3H3,(H,33,44)(H,34,45)/t21-,22-,23+,24+,25+,26+,27?,28?,31-,32-/m1/s1. The number of hydrogen-bond acceptors (Lipinski definition) is 19. The van der Waals surface area contributed by atoms with Crippen LogP contribution in [0.15, 0.2) is 6.20 Å². The Hall–Kier alpha value is -2.81. The lowest BCUT2D eigenvalue weighted by Gasteiger charge is -2.42. The highest BCUT2D eigenvalue weighted by Gasteiger charge is 2.50. The van der Waals surface area contributed by atoms with Gasteiger partial charge in [-0.05, 0) is 12.8 Å². The lowest BCUT2D eigenvalue weighted by molar-refractivity contribution is -0.304. The minimum Gasteiger partial charge on any atom is -0.396 e. The maximum Gasteiger partial charge on any atom is 0.252 e. The summed E-state index contributed by atoms with van der Waals surface area (Å²) in [7, 11) is 2.48. The fraction of sp³-hybridized carbons (Fsp3) is 0.844. The maximum absolute atomic E-state index is 13.1. The van der Waals surface area contributed by atoms with Crippen molar-refractivity contribution in [3.63, 3.8) is 0 Å². The van der Waals surface area contributed by atoms with Crippen LogP contribution in [0.3, 0.4) is 0 Å². The lowest BCUT2D eigenvalue weighted by Crippen LogP contribution is -2.63. The molecule has 3 heterocycles. The molecule has 0 bridgehead atoms. The van der Waals surface area contributed by atoms with Crippen LogP contribution in [0.1, 0.15) is 30.3 Å². The molecule has 1 aromatic rings. The Morgan fingerprint density at radius 3 is 1.94 bits per heavy atom. The second-order valence-electron chi connectivity index (χ2n) is 12.2. The molecule has 2 fully saturated rings. The summed E-state index contributed by atoms with van der Waals surface area (Å²) in [6, 6.07) is 0. The number of aromatic nitrogens is 3. The van der Waals surface area contributed by atoms with Crippen LogP contribution in [0.4, 0.5) is 0 Å². The van der Waals surface area contributed by atoms with Gasteiger partial charge < -0.3 is 78.8 Å². The Labute approximate surface area is 312 Å². The topological polar surface area (TPSA) is 290 Å². The number of nitrogens with zero attached hydrogens (tertiary/aromatic N) is 3. The van der Waals surface area contributed by atoms with E-state index in [9.17, 15) is 34.8 Å². The average molecular weight is 782 g/mol. The van der Waals surface area contributed by atoms with Crippen molar-refractivity contribution in [2.75, 3.05) is 86.8 Å². The van der Waals surface area contributed by atoms with Crippen molar-refractivity contribution in [3.05, 3.63) is 11.9 Å². The zero-order valence-electron chi connectivity index (χ0n) is 30.7. The van der Waals surface area contributed by atoms with Crippen LogP contribution < -0.4 is 10.6 Å². The van der Waals surface area contributed by atoms with Gasteiger partial charge in [0.15, 0.2) is 30.6 Å². The van der Waals surface area contributed by atoms with E-state index in [1.165, 1.54) is 32.0 Å². The molecule has 10 atom stereocenters. The number of Topliss-reactive ketones (excluding diaryl/α,β-unsaturated/α-hetero) is 1. The van der Waals surface area contributed by atoms with Gasteiger partial charge in [-0.15, -0.1) is 5.10 Å². The number of rotatable bonds is 26. The first-order valence-electron chi connectivity index (χ1n) is 17.7. The van der Waals surface area contributed by atoms with E-state index in [-0.39, 0.29) is 58.5 Å². The van der Waals surface area contributed by atoms with E-state index < -0.39 is 73.2 Å². The zero-order valence-corrected chi connectivity index (χ0v) is 30.7. The van der Waals surface area contributed by atoms with Gasteiger partial charge in [0, 0.05) is 40.8 Å². The summed E-state index contributed by atoms with van der Waals surface area (Å²) in [4.78, 5) is 37.3. The van der Waals surface area contributed by atoms with E-state index in [1.54, 1.807) is 0 Å². The normalized spacial score (nSPS) is 28.5. The Kier molecular flexibility index (Phi) is 20.8. The van der Waals surface area contributed by atoms with Crippen LogP contribution in [-0.2, 0) is 58.8 Å². The second kappa shape index (κ2) is 24.7. The van der Waals surface area contributed by atoms with E-state index in [1.807, 2.05) is 0 Å². The number of amides is 2. The lowest BCUT2D eigenvalue weighted by atomic mass is 9.98. The Balaban J connectivity index is 1.37. The molecule has 3 rings (SSSR count). The highest BCUT2D eigenvalue weighted by molar-refractivity contribution is 5.91. The number of ketones is 1. The van der Waals surface area contributed by atoms with Gasteiger partial charge in [-0.25, -0.2) is 4.68 Å². The number of unbranched alkanes of at least 4 members (excludes halogenated alkanes) is 1. The first-order valence-corrected chi connectivity index (χ1v) is 17.7. The molecule has 2 amide bonds. The predicted octanol–water partition coefficient (Wildman–Crippen LogP) is -4.51. The summed E-state index contributed by atoms with van der Waals surface area (Å²) in [6.07, 6.45) is -12.1. The molecule has 0 spiro atoms. The van der Waals surface area contributed by atoms with E-state index in [4.69, 9.17) is 47.7 Å². The molecule has 0 aromatic carbocycles. The molecule has 22 nitrogen and oxygen atoms in total. The van der Waals surface area contributed by atoms with Crippen LogP contribution in [0.2, 0.25) is 0 Å². The minimum absolute atomic E-state index is 0.0355. The van der Waals surface area contributed by atoms with Gasteiger partial charge in [-0.1, -0.05) is 5.21 Å². The molecule has 2 aliphatic rings. The molecule has 7 N–H and O–H groups in total. The molecule has 2 saturated heterocycles. The van der Waals surface area contributed by atoms with Crippen molar-refractivity contribution >= 4 is 17.6 Å². The number of nitrogens with one attached hydrogen (secondary N) is 2. The van der Waals surface area contributed by atoms with Crippen molar-refractivity contribution < 1.29 is 82.5 Å². The van der Waals surface area contributed by atoms with Gasteiger partial charge in [0.2, 0.25) is 0 Å². The molecule has 22 heteroatoms. The van der Waals surface area contributed by atoms with Crippen LogP contribution in [-0.4, -0.2) is 206 Å². The fourth-order valence-electron chi connectivity index (χ4n) is 5.51. The maximum atomic E-state index is 13.1. The summed E-state index contributed by atoms with van der Waals surface area (Å²) in [5, 5.41) is 64.1. The summed E-state index contributed by atoms with van der Waals surface area (Å²) < 4.78 is 50.6. The monoisotopic (exact) mass is 781 g/mol. The molecule has 1 aromatic heterocycles. The fourth-order valence-corrected chi connectivity index (χ4v) is 5.51. The predicted molar refractivity (Wildman–Crippen MR) is 180 cm³/mol. The summed E-state index contributed by atoms with van der Waals surface area (Å²) >= 11 is 0. The smallest absolute Gasteiger partial charge is 0.252 e. The van der Waals surface area contributed by atoms with Gasteiger partial charge >= 0.3 is 0 Å². The van der Waals surface area contributed by atoms with Gasteiger partial charge in [0.05, 0.1) is 65.6 Å². The summed E-state index contributed by atoms with van der Waals surface area (Å²) in [5.41, 5.74) is 0.405. The number of methoxy groups -OCH3 is 2. The molecule has 2 aliphatic heterocycles. The number of carbonyl (C=O) groups is 3. The van der Waals surface area contributed by atoms with Crippen LogP contribution in [0.25, 0.3) is 0 Å². The third kappa shape index (κ3) is 13.7. The van der Waals surface area contributed by atoms with E-state index >= 15 is 0 Å².